The zero-order chi connectivity index (χ0) is 23.9. The molecule has 0 spiro atoms. The number of methoxy groups -OCH3 is 1. The molecule has 178 valence electrons. The fourth-order valence-corrected chi connectivity index (χ4v) is 4.60. The van der Waals surface area contributed by atoms with Gasteiger partial charge >= 0.3 is 0 Å². The molecule has 35 heavy (non-hydrogen) atoms. The molecule has 9 heteroatoms. The topological polar surface area (TPSA) is 93.4 Å². The Kier molecular flexibility index (Phi) is 5.53. The van der Waals surface area contributed by atoms with Crippen molar-refractivity contribution in [3.63, 3.8) is 0 Å². The number of anilines is 2. The minimum absolute atomic E-state index is 0.0763. The first-order valence-corrected chi connectivity index (χ1v) is 12.1. The Hall–Kier alpha value is -3.65. The van der Waals surface area contributed by atoms with Gasteiger partial charge in [0.1, 0.15) is 11.5 Å². The lowest BCUT2D eigenvalue weighted by atomic mass is 10.2. The molecule has 0 saturated heterocycles. The lowest BCUT2D eigenvalue weighted by Crippen LogP contribution is -2.16. The van der Waals surface area contributed by atoms with Gasteiger partial charge in [0.25, 0.3) is 0 Å². The van der Waals surface area contributed by atoms with E-state index in [0.29, 0.717) is 29.2 Å². The number of carbonyl (C=O) groups excluding carboxylic acids is 1. The molecule has 4 aromatic rings. The van der Waals surface area contributed by atoms with Crippen LogP contribution in [0.1, 0.15) is 48.0 Å². The molecule has 1 amide bonds. The van der Waals surface area contributed by atoms with Crippen LogP contribution in [0.25, 0.3) is 5.65 Å². The minimum Gasteiger partial charge on any atom is -0.481 e. The number of halogens is 1. The molecule has 0 bridgehead atoms. The monoisotopic (exact) mass is 488 g/mol. The standard InChI is InChI=1S/C26H25ClN6O2/c1-35-25-10-18(29-12-19-14-33-13-16(15-2-3-15)4-5-24(33)30-19)9-23(31-25)32-26(34)21-11-20(21)22-8-17(27)6-7-28-22/h4-10,13-15,20-21H,2-3,11-12H2,1H3,(H2,29,31,32,34)/t20-,21-/m0/s1. The molecule has 6 rings (SSSR count). The van der Waals surface area contributed by atoms with Gasteiger partial charge in [0.05, 0.1) is 19.3 Å². The van der Waals surface area contributed by atoms with E-state index in [2.05, 4.69) is 43.3 Å². The van der Waals surface area contributed by atoms with Crippen molar-refractivity contribution in [1.29, 1.82) is 0 Å². The third-order valence-electron chi connectivity index (χ3n) is 6.56. The van der Waals surface area contributed by atoms with E-state index in [1.807, 2.05) is 12.3 Å². The molecule has 0 unspecified atom stereocenters. The Bertz CT molecular complexity index is 1420. The van der Waals surface area contributed by atoms with Gasteiger partial charge in [-0.15, -0.1) is 0 Å². The van der Waals surface area contributed by atoms with Crippen molar-refractivity contribution >= 4 is 34.7 Å². The van der Waals surface area contributed by atoms with Gasteiger partial charge in [-0.3, -0.25) is 9.78 Å². The van der Waals surface area contributed by atoms with Gasteiger partial charge in [0.15, 0.2) is 0 Å². The fraction of sp³-hybridized carbons (Fsp3) is 0.308. The maximum Gasteiger partial charge on any atom is 0.229 e. The van der Waals surface area contributed by atoms with E-state index < -0.39 is 0 Å². The third kappa shape index (κ3) is 4.79. The summed E-state index contributed by atoms with van der Waals surface area (Å²) in [6, 6.07) is 11.4. The number of nitrogens with one attached hydrogen (secondary N) is 2. The van der Waals surface area contributed by atoms with E-state index in [9.17, 15) is 4.79 Å². The highest BCUT2D eigenvalue weighted by Crippen LogP contribution is 2.47. The van der Waals surface area contributed by atoms with E-state index in [0.717, 1.165) is 29.1 Å². The Morgan fingerprint density at radius 3 is 2.86 bits per heavy atom. The highest BCUT2D eigenvalue weighted by Gasteiger charge is 2.45. The summed E-state index contributed by atoms with van der Waals surface area (Å²) in [4.78, 5) is 26.3. The van der Waals surface area contributed by atoms with Gasteiger partial charge in [-0.05, 0) is 48.9 Å². The van der Waals surface area contributed by atoms with Crippen molar-refractivity contribution in [3.05, 3.63) is 77.0 Å². The molecule has 0 radical (unpaired) electrons. The average molecular weight is 489 g/mol. The first-order chi connectivity index (χ1) is 17.1. The van der Waals surface area contributed by atoms with Gasteiger partial charge < -0.3 is 19.8 Å². The lowest BCUT2D eigenvalue weighted by molar-refractivity contribution is -0.117. The number of nitrogens with zero attached hydrogens (tertiary/aromatic N) is 4. The van der Waals surface area contributed by atoms with E-state index in [1.54, 1.807) is 31.5 Å². The highest BCUT2D eigenvalue weighted by molar-refractivity contribution is 6.30. The van der Waals surface area contributed by atoms with Gasteiger partial charge in [-0.25, -0.2) is 4.98 Å². The lowest BCUT2D eigenvalue weighted by Gasteiger charge is -2.11. The number of rotatable bonds is 8. The van der Waals surface area contributed by atoms with Crippen molar-refractivity contribution in [2.45, 2.75) is 37.6 Å². The number of hydrogen-bond acceptors (Lipinski definition) is 6. The van der Waals surface area contributed by atoms with Crippen LogP contribution in [-0.4, -0.2) is 32.4 Å². The Balaban J connectivity index is 1.12. The van der Waals surface area contributed by atoms with Crippen molar-refractivity contribution in [2.24, 2.45) is 5.92 Å². The second-order valence-corrected chi connectivity index (χ2v) is 9.64. The maximum atomic E-state index is 12.8. The van der Waals surface area contributed by atoms with Crippen LogP contribution in [0.15, 0.2) is 55.0 Å². The molecular formula is C26H25ClN6O2. The fourth-order valence-electron chi connectivity index (χ4n) is 4.43. The van der Waals surface area contributed by atoms with Gasteiger partial charge in [0.2, 0.25) is 11.8 Å². The van der Waals surface area contributed by atoms with E-state index in [4.69, 9.17) is 21.3 Å². The zero-order valence-electron chi connectivity index (χ0n) is 19.2. The largest absolute Gasteiger partial charge is 0.481 e. The van der Waals surface area contributed by atoms with Gasteiger partial charge in [0, 0.05) is 59.0 Å². The Morgan fingerprint density at radius 2 is 2.06 bits per heavy atom. The predicted molar refractivity (Wildman–Crippen MR) is 134 cm³/mol. The van der Waals surface area contributed by atoms with Crippen molar-refractivity contribution in [2.75, 3.05) is 17.7 Å². The highest BCUT2D eigenvalue weighted by atomic mass is 35.5. The molecule has 2 N–H and O–H groups in total. The number of ether oxygens (including phenoxy) is 1. The summed E-state index contributed by atoms with van der Waals surface area (Å²) in [6.45, 7) is 0.534. The maximum absolute atomic E-state index is 12.8. The average Bonchev–Trinajstić information content (AvgIpc) is 3.78. The molecule has 8 nitrogen and oxygen atoms in total. The van der Waals surface area contributed by atoms with Crippen molar-refractivity contribution < 1.29 is 9.53 Å². The second-order valence-electron chi connectivity index (χ2n) is 9.21. The molecule has 2 saturated carbocycles. The van der Waals surface area contributed by atoms with Crippen LogP contribution in [0, 0.1) is 5.92 Å². The Labute approximate surface area is 207 Å². The molecular weight excluding hydrogens is 464 g/mol. The van der Waals surface area contributed by atoms with Crippen LogP contribution >= 0.6 is 11.6 Å². The second kappa shape index (κ2) is 8.85. The predicted octanol–water partition coefficient (Wildman–Crippen LogP) is 5.02. The zero-order valence-corrected chi connectivity index (χ0v) is 20.0. The van der Waals surface area contributed by atoms with E-state index >= 15 is 0 Å². The normalized spacial score (nSPS) is 18.9. The summed E-state index contributed by atoms with van der Waals surface area (Å²) < 4.78 is 7.44. The summed E-state index contributed by atoms with van der Waals surface area (Å²) in [5.41, 5.74) is 4.86. The summed E-state index contributed by atoms with van der Waals surface area (Å²) in [5.74, 6) is 1.39. The van der Waals surface area contributed by atoms with Gasteiger partial charge in [-0.2, -0.15) is 4.98 Å². The van der Waals surface area contributed by atoms with E-state index in [1.165, 1.54) is 18.4 Å². The molecule has 2 fully saturated rings. The number of pyridine rings is 3. The van der Waals surface area contributed by atoms with Crippen molar-refractivity contribution in [1.82, 2.24) is 19.4 Å². The van der Waals surface area contributed by atoms with Crippen LogP contribution in [0.2, 0.25) is 5.02 Å². The SMILES string of the molecule is COc1cc(NCc2cn3cc(C4CC4)ccc3n2)cc(NC(=O)[C@H]2C[C@@H]2c2cc(Cl)ccn2)n1. The van der Waals surface area contributed by atoms with Crippen LogP contribution in [0.3, 0.4) is 0 Å². The molecule has 4 heterocycles. The minimum atomic E-state index is -0.149. The first-order valence-electron chi connectivity index (χ1n) is 11.8. The van der Waals surface area contributed by atoms with Crippen LogP contribution in [0.4, 0.5) is 11.5 Å². The summed E-state index contributed by atoms with van der Waals surface area (Å²) in [6.07, 6.45) is 9.18. The first kappa shape index (κ1) is 21.9. The van der Waals surface area contributed by atoms with Crippen molar-refractivity contribution in [3.8, 4) is 5.88 Å². The summed E-state index contributed by atoms with van der Waals surface area (Å²) in [7, 11) is 1.55. The molecule has 0 aliphatic heterocycles. The smallest absolute Gasteiger partial charge is 0.229 e. The number of aromatic nitrogens is 4. The number of fused-ring (bicyclic) bond motifs is 1. The van der Waals surface area contributed by atoms with Gasteiger partial charge in [-0.1, -0.05) is 17.7 Å². The van der Waals surface area contributed by atoms with Crippen LogP contribution < -0.4 is 15.4 Å². The number of amides is 1. The van der Waals surface area contributed by atoms with Crippen LogP contribution in [0.5, 0.6) is 5.88 Å². The molecule has 2 aliphatic rings. The molecule has 0 aromatic carbocycles. The summed E-state index contributed by atoms with van der Waals surface area (Å²) >= 11 is 6.07. The number of hydrogen-bond donors (Lipinski definition) is 2. The molecule has 4 aromatic heterocycles. The van der Waals surface area contributed by atoms with Crippen LogP contribution in [-0.2, 0) is 11.3 Å². The Morgan fingerprint density at radius 1 is 1.17 bits per heavy atom. The third-order valence-corrected chi connectivity index (χ3v) is 6.79. The summed E-state index contributed by atoms with van der Waals surface area (Å²) in [5, 5.41) is 6.92. The quantitative estimate of drug-likeness (QED) is 0.362. The van der Waals surface area contributed by atoms with E-state index in [-0.39, 0.29) is 17.7 Å². The molecule has 2 aliphatic carbocycles. The molecule has 2 atom stereocenters. The number of carbonyl (C=O) groups is 1. The number of imidazole rings is 1.